The molecule has 0 saturated carbocycles. The summed E-state index contributed by atoms with van der Waals surface area (Å²) >= 11 is 0. The smallest absolute Gasteiger partial charge is 0.129 e. The number of hydrogen-bond acceptors (Lipinski definition) is 4. The van der Waals surface area contributed by atoms with E-state index in [1.807, 2.05) is 18.2 Å². The van der Waals surface area contributed by atoms with Crippen LogP contribution in [0.3, 0.4) is 0 Å². The molecule has 1 aromatic rings. The summed E-state index contributed by atoms with van der Waals surface area (Å²) in [5.41, 5.74) is 7.26. The molecule has 1 aromatic carbocycles. The van der Waals surface area contributed by atoms with Gasteiger partial charge in [0.05, 0.1) is 19.3 Å². The third-order valence-electron chi connectivity index (χ3n) is 3.20. The van der Waals surface area contributed by atoms with Gasteiger partial charge in [0.25, 0.3) is 0 Å². The van der Waals surface area contributed by atoms with Crippen molar-refractivity contribution in [3.63, 3.8) is 0 Å². The summed E-state index contributed by atoms with van der Waals surface area (Å²) in [6, 6.07) is 5.70. The zero-order chi connectivity index (χ0) is 15.0. The highest BCUT2D eigenvalue weighted by molar-refractivity contribution is 5.97. The van der Waals surface area contributed by atoms with E-state index >= 15 is 0 Å². The maximum absolute atomic E-state index is 9.12. The molecule has 5 nitrogen and oxygen atoms in total. The number of nitrogen functional groups attached to an aromatic ring is 1. The van der Waals surface area contributed by atoms with E-state index in [0.29, 0.717) is 17.9 Å². The Morgan fingerprint density at radius 3 is 2.70 bits per heavy atom. The van der Waals surface area contributed by atoms with Crippen molar-refractivity contribution < 1.29 is 9.84 Å². The van der Waals surface area contributed by atoms with Crippen LogP contribution >= 0.6 is 0 Å². The minimum Gasteiger partial charge on any atom is -0.496 e. The predicted molar refractivity (Wildman–Crippen MR) is 81.3 cm³/mol. The van der Waals surface area contributed by atoms with Gasteiger partial charge in [-0.3, -0.25) is 10.3 Å². The Morgan fingerprint density at radius 2 is 2.15 bits per heavy atom. The van der Waals surface area contributed by atoms with Gasteiger partial charge in [-0.25, -0.2) is 0 Å². The number of methoxy groups -OCH3 is 1. The van der Waals surface area contributed by atoms with Crippen molar-refractivity contribution in [2.45, 2.75) is 26.3 Å². The number of unbranched alkanes of at least 4 members (excludes halogenated alkanes) is 1. The van der Waals surface area contributed by atoms with Gasteiger partial charge in [-0.05, 0) is 30.7 Å². The molecular formula is C15H25N3O2. The van der Waals surface area contributed by atoms with Crippen LogP contribution < -0.4 is 10.5 Å². The lowest BCUT2D eigenvalue weighted by atomic mass is 10.1. The van der Waals surface area contributed by atoms with Gasteiger partial charge in [-0.15, -0.1) is 0 Å². The average molecular weight is 279 g/mol. The lowest BCUT2D eigenvalue weighted by Gasteiger charge is -2.21. The third-order valence-corrected chi connectivity index (χ3v) is 3.20. The Bertz CT molecular complexity index is 435. The van der Waals surface area contributed by atoms with E-state index < -0.39 is 0 Å². The maximum atomic E-state index is 9.12. The third kappa shape index (κ3) is 4.83. The van der Waals surface area contributed by atoms with E-state index in [4.69, 9.17) is 21.0 Å². The van der Waals surface area contributed by atoms with Crippen LogP contribution in [0.25, 0.3) is 0 Å². The topological polar surface area (TPSA) is 82.6 Å². The molecule has 0 aliphatic rings. The highest BCUT2D eigenvalue weighted by Gasteiger charge is 2.10. The molecule has 0 saturated heterocycles. The fraction of sp³-hybridized carbons (Fsp3) is 0.533. The first-order chi connectivity index (χ1) is 9.62. The normalized spacial score (nSPS) is 10.8. The Labute approximate surface area is 120 Å². The molecule has 5 heteroatoms. The van der Waals surface area contributed by atoms with Gasteiger partial charge in [-0.1, -0.05) is 19.4 Å². The zero-order valence-electron chi connectivity index (χ0n) is 12.4. The van der Waals surface area contributed by atoms with E-state index in [1.165, 1.54) is 0 Å². The molecule has 20 heavy (non-hydrogen) atoms. The number of aliphatic hydroxyl groups excluding tert-OH is 1. The fourth-order valence-corrected chi connectivity index (χ4v) is 2.12. The molecule has 1 rings (SSSR count). The second kappa shape index (κ2) is 8.55. The first-order valence-electron chi connectivity index (χ1n) is 6.96. The van der Waals surface area contributed by atoms with Crippen molar-refractivity contribution in [2.75, 3.05) is 26.8 Å². The summed E-state index contributed by atoms with van der Waals surface area (Å²) in [5.74, 6) is 0.620. The minimum absolute atomic E-state index is 0.00552. The average Bonchev–Trinajstić information content (AvgIpc) is 2.44. The Morgan fingerprint density at radius 1 is 1.40 bits per heavy atom. The number of ether oxygens (including phenoxy) is 1. The monoisotopic (exact) mass is 279 g/mol. The molecule has 0 aliphatic carbocycles. The summed E-state index contributed by atoms with van der Waals surface area (Å²) in [6.45, 7) is 4.66. The molecule has 0 aliphatic heterocycles. The highest BCUT2D eigenvalue weighted by Crippen LogP contribution is 2.20. The number of hydrogen-bond donors (Lipinski definition) is 3. The molecule has 0 radical (unpaired) electrons. The molecule has 0 bridgehead atoms. The van der Waals surface area contributed by atoms with Crippen LogP contribution in [0.1, 0.15) is 30.9 Å². The molecule has 0 unspecified atom stereocenters. The van der Waals surface area contributed by atoms with Gasteiger partial charge in [0.15, 0.2) is 0 Å². The van der Waals surface area contributed by atoms with E-state index in [9.17, 15) is 0 Å². The number of amidine groups is 1. The lowest BCUT2D eigenvalue weighted by Crippen LogP contribution is -2.27. The second-order valence-electron chi connectivity index (χ2n) is 4.80. The van der Waals surface area contributed by atoms with E-state index in [0.717, 1.165) is 31.5 Å². The van der Waals surface area contributed by atoms with Crippen LogP contribution in [0.4, 0.5) is 0 Å². The fourth-order valence-electron chi connectivity index (χ4n) is 2.12. The lowest BCUT2D eigenvalue weighted by molar-refractivity contribution is 0.188. The Hall–Kier alpha value is -1.59. The van der Waals surface area contributed by atoms with E-state index in [1.54, 1.807) is 7.11 Å². The van der Waals surface area contributed by atoms with Crippen LogP contribution in [0.2, 0.25) is 0 Å². The highest BCUT2D eigenvalue weighted by atomic mass is 16.5. The molecule has 112 valence electrons. The number of aliphatic hydroxyl groups is 1. The van der Waals surface area contributed by atoms with Crippen molar-refractivity contribution in [2.24, 2.45) is 5.73 Å². The Balaban J connectivity index is 2.84. The first-order valence-corrected chi connectivity index (χ1v) is 6.96. The summed E-state index contributed by atoms with van der Waals surface area (Å²) < 4.78 is 5.20. The maximum Gasteiger partial charge on any atom is 0.129 e. The van der Waals surface area contributed by atoms with Gasteiger partial charge in [0.1, 0.15) is 11.6 Å². The minimum atomic E-state index is 0.00552. The zero-order valence-corrected chi connectivity index (χ0v) is 12.4. The summed E-state index contributed by atoms with van der Waals surface area (Å²) in [6.07, 6.45) is 2.24. The summed E-state index contributed by atoms with van der Waals surface area (Å²) in [5, 5.41) is 16.7. The van der Waals surface area contributed by atoms with Gasteiger partial charge in [0.2, 0.25) is 0 Å². The molecule has 4 N–H and O–H groups in total. The molecule has 0 amide bonds. The SMILES string of the molecule is CCCCN(CCO)Cc1ccc(OC)c(C(=N)N)c1. The van der Waals surface area contributed by atoms with E-state index in [-0.39, 0.29) is 12.4 Å². The van der Waals surface area contributed by atoms with Crippen LogP contribution in [0.5, 0.6) is 5.75 Å². The number of nitrogens with two attached hydrogens (primary N) is 1. The van der Waals surface area contributed by atoms with Crippen LogP contribution in [-0.2, 0) is 6.54 Å². The molecule has 0 atom stereocenters. The molecule has 0 heterocycles. The van der Waals surface area contributed by atoms with Crippen LogP contribution in [0, 0.1) is 5.41 Å². The van der Waals surface area contributed by atoms with Gasteiger partial charge < -0.3 is 15.6 Å². The van der Waals surface area contributed by atoms with Gasteiger partial charge in [0, 0.05) is 13.1 Å². The standard InChI is InChI=1S/C15H25N3O2/c1-3-4-7-18(8-9-19)11-12-5-6-14(20-2)13(10-12)15(16)17/h5-6,10,19H,3-4,7-9,11H2,1-2H3,(H3,16,17). The van der Waals surface area contributed by atoms with Crippen molar-refractivity contribution in [3.05, 3.63) is 29.3 Å². The van der Waals surface area contributed by atoms with Crippen LogP contribution in [0.15, 0.2) is 18.2 Å². The Kier molecular flexibility index (Phi) is 7.04. The molecule has 0 spiro atoms. The van der Waals surface area contributed by atoms with Crippen molar-refractivity contribution >= 4 is 5.84 Å². The van der Waals surface area contributed by atoms with Crippen molar-refractivity contribution in [1.29, 1.82) is 5.41 Å². The van der Waals surface area contributed by atoms with Crippen molar-refractivity contribution in [3.8, 4) is 5.75 Å². The summed E-state index contributed by atoms with van der Waals surface area (Å²) in [7, 11) is 1.57. The molecular weight excluding hydrogens is 254 g/mol. The van der Waals surface area contributed by atoms with E-state index in [2.05, 4.69) is 11.8 Å². The molecule has 0 fully saturated rings. The largest absolute Gasteiger partial charge is 0.496 e. The number of nitrogens with zero attached hydrogens (tertiary/aromatic N) is 1. The van der Waals surface area contributed by atoms with Gasteiger partial charge >= 0.3 is 0 Å². The molecule has 0 aromatic heterocycles. The van der Waals surface area contributed by atoms with Crippen LogP contribution in [-0.4, -0.2) is 42.6 Å². The number of rotatable bonds is 9. The predicted octanol–water partition coefficient (Wildman–Crippen LogP) is 1.57. The van der Waals surface area contributed by atoms with Crippen molar-refractivity contribution in [1.82, 2.24) is 4.90 Å². The number of benzene rings is 1. The second-order valence-corrected chi connectivity index (χ2v) is 4.80. The summed E-state index contributed by atoms with van der Waals surface area (Å²) in [4.78, 5) is 2.20. The quantitative estimate of drug-likeness (QED) is 0.473. The van der Waals surface area contributed by atoms with Gasteiger partial charge in [-0.2, -0.15) is 0 Å². The first kappa shape index (κ1) is 16.5. The number of nitrogens with one attached hydrogen (secondary N) is 1.